The number of nitrogens with two attached hydrogens (primary N) is 1. The highest BCUT2D eigenvalue weighted by atomic mass is 16.2. The molecule has 4 aromatic rings. The zero-order valence-corrected chi connectivity index (χ0v) is 19.7. The second-order valence-corrected chi connectivity index (χ2v) is 8.89. The summed E-state index contributed by atoms with van der Waals surface area (Å²) in [6.45, 7) is 2.77. The minimum Gasteiger partial charge on any atom is -0.355 e. The number of nitrogens with one attached hydrogen (secondary N) is 2. The van der Waals surface area contributed by atoms with Gasteiger partial charge >= 0.3 is 0 Å². The van der Waals surface area contributed by atoms with E-state index in [2.05, 4.69) is 15.2 Å². The van der Waals surface area contributed by atoms with Crippen molar-refractivity contribution in [1.82, 2.24) is 19.8 Å². The number of carbonyl (C=O) groups is 3. The number of imide groups is 1. The highest BCUT2D eigenvalue weighted by Crippen LogP contribution is 2.38. The first-order valence-electron chi connectivity index (χ1n) is 11.6. The first-order valence-corrected chi connectivity index (χ1v) is 11.6. The van der Waals surface area contributed by atoms with Crippen LogP contribution in [0.2, 0.25) is 0 Å². The lowest BCUT2D eigenvalue weighted by Gasteiger charge is -2.08. The molecule has 0 aliphatic carbocycles. The average Bonchev–Trinajstić information content (AvgIpc) is 3.47. The Balaban J connectivity index is 1.59. The molecule has 1 aliphatic heterocycles. The zero-order chi connectivity index (χ0) is 24.7. The maximum absolute atomic E-state index is 13.1. The Morgan fingerprint density at radius 2 is 1.51 bits per heavy atom. The van der Waals surface area contributed by atoms with Crippen molar-refractivity contribution in [2.45, 2.75) is 25.9 Å². The monoisotopic (exact) mass is 469 g/mol. The lowest BCUT2D eigenvalue weighted by Crippen LogP contribution is -2.38. The van der Waals surface area contributed by atoms with Crippen molar-refractivity contribution < 1.29 is 14.4 Å². The Kier molecular flexibility index (Phi) is 5.74. The van der Waals surface area contributed by atoms with E-state index < -0.39 is 17.9 Å². The molecule has 0 radical (unpaired) electrons. The van der Waals surface area contributed by atoms with Gasteiger partial charge in [-0.3, -0.25) is 19.7 Å². The molecule has 2 aromatic heterocycles. The van der Waals surface area contributed by atoms with E-state index >= 15 is 0 Å². The van der Waals surface area contributed by atoms with E-state index in [9.17, 15) is 14.4 Å². The van der Waals surface area contributed by atoms with E-state index in [-0.39, 0.29) is 5.91 Å². The van der Waals surface area contributed by atoms with Gasteiger partial charge < -0.3 is 20.2 Å². The first-order chi connectivity index (χ1) is 16.9. The van der Waals surface area contributed by atoms with Crippen LogP contribution in [-0.2, 0) is 28.0 Å². The molecule has 3 heterocycles. The van der Waals surface area contributed by atoms with Crippen LogP contribution in [0.5, 0.6) is 0 Å². The lowest BCUT2D eigenvalue weighted by atomic mass is 9.95. The number of aromatic nitrogens is 2. The minimum absolute atomic E-state index is 0.186. The minimum atomic E-state index is -0.549. The molecule has 0 spiro atoms. The van der Waals surface area contributed by atoms with Crippen LogP contribution >= 0.6 is 0 Å². The second kappa shape index (κ2) is 8.88. The molecule has 2 aromatic carbocycles. The maximum atomic E-state index is 13.1. The number of fused-ring (bicyclic) bond motifs is 2. The third kappa shape index (κ3) is 3.91. The Morgan fingerprint density at radius 3 is 2.17 bits per heavy atom. The molecule has 35 heavy (non-hydrogen) atoms. The van der Waals surface area contributed by atoms with Gasteiger partial charge in [-0.25, -0.2) is 0 Å². The lowest BCUT2D eigenvalue weighted by molar-refractivity contribution is -0.123. The molecule has 0 saturated heterocycles. The smallest absolute Gasteiger partial charge is 0.259 e. The molecule has 0 fully saturated rings. The number of carbonyl (C=O) groups excluding carboxylic acids is 3. The molecule has 8 heteroatoms. The molecule has 1 aliphatic rings. The SMILES string of the molecule is C[C@H](N)C(=O)NCCCn1cc(C2=C(c3cn(C)c4ccccc34)C(=O)NC2=O)c2ccccc21. The molecular formula is C27H27N5O3. The van der Waals surface area contributed by atoms with E-state index in [1.165, 1.54) is 0 Å². The van der Waals surface area contributed by atoms with Gasteiger partial charge in [0.2, 0.25) is 5.91 Å². The summed E-state index contributed by atoms with van der Waals surface area (Å²) in [6, 6.07) is 15.1. The predicted molar refractivity (Wildman–Crippen MR) is 136 cm³/mol. The first kappa shape index (κ1) is 22.6. The molecule has 8 nitrogen and oxygen atoms in total. The normalized spacial score (nSPS) is 14.7. The number of amides is 3. The standard InChI is InChI=1S/C27H27N5O3/c1-16(28)25(33)29-12-7-13-32-15-20(18-9-4-6-11-22(18)32)24-23(26(34)30-27(24)35)19-14-31(2)21-10-5-3-8-17(19)21/h3-6,8-11,14-16H,7,12-13,28H2,1-2H3,(H,29,33)(H,30,34,35)/t16-/m0/s1. The van der Waals surface area contributed by atoms with Crippen LogP contribution in [0.25, 0.3) is 33.0 Å². The number of hydrogen-bond acceptors (Lipinski definition) is 4. The Morgan fingerprint density at radius 1 is 0.943 bits per heavy atom. The van der Waals surface area contributed by atoms with Crippen molar-refractivity contribution in [3.8, 4) is 0 Å². The highest BCUT2D eigenvalue weighted by Gasteiger charge is 2.35. The Bertz CT molecular complexity index is 1520. The molecule has 0 unspecified atom stereocenters. The molecule has 178 valence electrons. The Hall–Kier alpha value is -4.17. The van der Waals surface area contributed by atoms with Crippen LogP contribution in [0.1, 0.15) is 24.5 Å². The second-order valence-electron chi connectivity index (χ2n) is 8.89. The molecule has 4 N–H and O–H groups in total. The van der Waals surface area contributed by atoms with Gasteiger partial charge in [0.15, 0.2) is 0 Å². The molecule has 1 atom stereocenters. The van der Waals surface area contributed by atoms with E-state index in [1.807, 2.05) is 72.5 Å². The summed E-state index contributed by atoms with van der Waals surface area (Å²) in [5, 5.41) is 7.14. The number of hydrogen-bond donors (Lipinski definition) is 3. The molecule has 5 rings (SSSR count). The maximum Gasteiger partial charge on any atom is 0.259 e. The van der Waals surface area contributed by atoms with Crippen molar-refractivity contribution in [3.05, 3.63) is 72.1 Å². The number of rotatable bonds is 7. The molecule has 3 amide bonds. The topological polar surface area (TPSA) is 111 Å². The van der Waals surface area contributed by atoms with Crippen LogP contribution in [-0.4, -0.2) is 39.4 Å². The fourth-order valence-electron chi connectivity index (χ4n) is 4.76. The summed E-state index contributed by atoms with van der Waals surface area (Å²) in [6.07, 6.45) is 4.52. The van der Waals surface area contributed by atoms with Crippen LogP contribution in [0, 0.1) is 0 Å². The quantitative estimate of drug-likeness (QED) is 0.285. The van der Waals surface area contributed by atoms with Crippen molar-refractivity contribution in [3.63, 3.8) is 0 Å². The molecule has 0 saturated carbocycles. The van der Waals surface area contributed by atoms with Gasteiger partial charge in [0.05, 0.1) is 17.2 Å². The van der Waals surface area contributed by atoms with E-state index in [0.717, 1.165) is 27.4 Å². The summed E-state index contributed by atoms with van der Waals surface area (Å²) in [4.78, 5) is 37.9. The third-order valence-corrected chi connectivity index (χ3v) is 6.44. The van der Waals surface area contributed by atoms with Gasteiger partial charge in [0, 0.05) is 65.5 Å². The predicted octanol–water partition coefficient (Wildman–Crippen LogP) is 2.55. The van der Waals surface area contributed by atoms with Crippen LogP contribution < -0.4 is 16.4 Å². The summed E-state index contributed by atoms with van der Waals surface area (Å²) >= 11 is 0. The fraction of sp³-hybridized carbons (Fsp3) is 0.222. The molecule has 0 bridgehead atoms. The van der Waals surface area contributed by atoms with Crippen molar-refractivity contribution >= 4 is 50.7 Å². The fourth-order valence-corrected chi connectivity index (χ4v) is 4.76. The molecular weight excluding hydrogens is 442 g/mol. The van der Waals surface area contributed by atoms with Crippen LogP contribution in [0.3, 0.4) is 0 Å². The van der Waals surface area contributed by atoms with Gasteiger partial charge in [0.25, 0.3) is 11.8 Å². The van der Waals surface area contributed by atoms with Crippen molar-refractivity contribution in [2.75, 3.05) is 6.54 Å². The number of benzene rings is 2. The van der Waals surface area contributed by atoms with Gasteiger partial charge in [-0.05, 0) is 25.5 Å². The third-order valence-electron chi connectivity index (χ3n) is 6.44. The van der Waals surface area contributed by atoms with Crippen molar-refractivity contribution in [1.29, 1.82) is 0 Å². The highest BCUT2D eigenvalue weighted by molar-refractivity contribution is 6.50. The zero-order valence-electron chi connectivity index (χ0n) is 19.7. The van der Waals surface area contributed by atoms with Crippen LogP contribution in [0.4, 0.5) is 0 Å². The van der Waals surface area contributed by atoms with Crippen molar-refractivity contribution in [2.24, 2.45) is 12.8 Å². The van der Waals surface area contributed by atoms with Gasteiger partial charge in [-0.15, -0.1) is 0 Å². The van der Waals surface area contributed by atoms with Gasteiger partial charge in [-0.1, -0.05) is 36.4 Å². The van der Waals surface area contributed by atoms with E-state index in [0.29, 0.717) is 36.2 Å². The summed E-state index contributed by atoms with van der Waals surface area (Å²) in [7, 11) is 1.93. The Labute approximate surface area is 202 Å². The number of para-hydroxylation sites is 2. The summed E-state index contributed by atoms with van der Waals surface area (Å²) < 4.78 is 4.03. The number of aryl methyl sites for hydroxylation is 2. The van der Waals surface area contributed by atoms with Gasteiger partial charge in [-0.2, -0.15) is 0 Å². The van der Waals surface area contributed by atoms with Gasteiger partial charge in [0.1, 0.15) is 0 Å². The summed E-state index contributed by atoms with van der Waals surface area (Å²) in [5.41, 5.74) is 9.77. The largest absolute Gasteiger partial charge is 0.355 e. The van der Waals surface area contributed by atoms with E-state index in [4.69, 9.17) is 5.73 Å². The summed E-state index contributed by atoms with van der Waals surface area (Å²) in [5.74, 6) is -0.976. The average molecular weight is 470 g/mol. The number of nitrogens with zero attached hydrogens (tertiary/aromatic N) is 2. The van der Waals surface area contributed by atoms with E-state index in [1.54, 1.807) is 6.92 Å². The van der Waals surface area contributed by atoms with Crippen LogP contribution in [0.15, 0.2) is 60.9 Å².